The minimum absolute atomic E-state index is 0.256. The van der Waals surface area contributed by atoms with Gasteiger partial charge in [0, 0.05) is 4.47 Å². The van der Waals surface area contributed by atoms with Crippen LogP contribution in [0.3, 0.4) is 0 Å². The SMILES string of the molecule is O=C=Nc1noc2ccc(Br)cc12. The minimum atomic E-state index is 0.256. The van der Waals surface area contributed by atoms with Crippen LogP contribution in [0.1, 0.15) is 0 Å². The first-order chi connectivity index (χ1) is 6.31. The van der Waals surface area contributed by atoms with Gasteiger partial charge in [0.1, 0.15) is 0 Å². The second-order valence-electron chi connectivity index (χ2n) is 2.35. The average molecular weight is 239 g/mol. The zero-order chi connectivity index (χ0) is 9.26. The maximum atomic E-state index is 10.0. The molecule has 0 unspecified atom stereocenters. The number of benzene rings is 1. The molecule has 0 aliphatic heterocycles. The van der Waals surface area contributed by atoms with E-state index in [2.05, 4.69) is 26.1 Å². The van der Waals surface area contributed by atoms with Gasteiger partial charge in [-0.1, -0.05) is 21.1 Å². The van der Waals surface area contributed by atoms with Crippen LogP contribution in [0.5, 0.6) is 0 Å². The largest absolute Gasteiger partial charge is 0.354 e. The lowest BCUT2D eigenvalue weighted by atomic mass is 10.2. The van der Waals surface area contributed by atoms with Crippen LogP contribution in [0.25, 0.3) is 11.0 Å². The van der Waals surface area contributed by atoms with Crippen molar-refractivity contribution in [2.24, 2.45) is 4.99 Å². The van der Waals surface area contributed by atoms with Gasteiger partial charge < -0.3 is 4.52 Å². The van der Waals surface area contributed by atoms with E-state index in [4.69, 9.17) is 4.52 Å². The van der Waals surface area contributed by atoms with Gasteiger partial charge in [0.25, 0.3) is 0 Å². The van der Waals surface area contributed by atoms with E-state index in [-0.39, 0.29) is 5.82 Å². The first-order valence-electron chi connectivity index (χ1n) is 3.44. The summed E-state index contributed by atoms with van der Waals surface area (Å²) in [5, 5.41) is 4.29. The maximum Gasteiger partial charge on any atom is 0.242 e. The molecule has 64 valence electrons. The van der Waals surface area contributed by atoms with E-state index in [0.717, 1.165) is 4.47 Å². The summed E-state index contributed by atoms with van der Waals surface area (Å²) in [5.41, 5.74) is 0.595. The lowest BCUT2D eigenvalue weighted by molar-refractivity contribution is 0.458. The standard InChI is InChI=1S/C8H3BrN2O2/c9-5-1-2-7-6(3-5)8(10-4-12)11-13-7/h1-3H. The first kappa shape index (κ1) is 8.16. The van der Waals surface area contributed by atoms with Gasteiger partial charge in [0.05, 0.1) is 5.39 Å². The fraction of sp³-hybridized carbons (Fsp3) is 0. The van der Waals surface area contributed by atoms with Crippen LogP contribution in [0.4, 0.5) is 5.82 Å². The molecular formula is C8H3BrN2O2. The molecule has 0 amide bonds. The van der Waals surface area contributed by atoms with E-state index in [0.29, 0.717) is 11.0 Å². The van der Waals surface area contributed by atoms with Crippen molar-refractivity contribution in [1.29, 1.82) is 0 Å². The van der Waals surface area contributed by atoms with Crippen LogP contribution in [-0.2, 0) is 4.79 Å². The van der Waals surface area contributed by atoms with Crippen LogP contribution in [0.2, 0.25) is 0 Å². The molecule has 2 rings (SSSR count). The number of hydrogen-bond acceptors (Lipinski definition) is 4. The van der Waals surface area contributed by atoms with Crippen LogP contribution in [-0.4, -0.2) is 11.2 Å². The second kappa shape index (κ2) is 3.12. The zero-order valence-electron chi connectivity index (χ0n) is 6.32. The monoisotopic (exact) mass is 238 g/mol. The summed E-state index contributed by atoms with van der Waals surface area (Å²) in [6, 6.07) is 5.35. The molecule has 0 N–H and O–H groups in total. The van der Waals surface area contributed by atoms with Crippen LogP contribution in [0, 0.1) is 0 Å². The first-order valence-corrected chi connectivity index (χ1v) is 4.23. The molecule has 0 atom stereocenters. The third kappa shape index (κ3) is 1.39. The molecule has 0 saturated carbocycles. The number of aromatic nitrogens is 1. The lowest BCUT2D eigenvalue weighted by Crippen LogP contribution is -1.66. The lowest BCUT2D eigenvalue weighted by Gasteiger charge is -1.87. The molecule has 1 aromatic carbocycles. The average Bonchev–Trinajstić information content (AvgIpc) is 2.49. The predicted molar refractivity (Wildman–Crippen MR) is 49.5 cm³/mol. The Morgan fingerprint density at radius 3 is 3.15 bits per heavy atom. The summed E-state index contributed by atoms with van der Waals surface area (Å²) >= 11 is 3.29. The van der Waals surface area contributed by atoms with Crippen molar-refractivity contribution in [3.8, 4) is 0 Å². The van der Waals surface area contributed by atoms with Crippen molar-refractivity contribution in [2.75, 3.05) is 0 Å². The number of fused-ring (bicyclic) bond motifs is 1. The van der Waals surface area contributed by atoms with E-state index in [9.17, 15) is 4.79 Å². The van der Waals surface area contributed by atoms with Crippen molar-refractivity contribution in [3.05, 3.63) is 22.7 Å². The van der Waals surface area contributed by atoms with Gasteiger partial charge in [-0.2, -0.15) is 0 Å². The molecule has 13 heavy (non-hydrogen) atoms. The molecule has 0 aliphatic carbocycles. The van der Waals surface area contributed by atoms with Gasteiger partial charge in [-0.05, 0) is 18.2 Å². The Bertz CT molecular complexity index is 500. The highest BCUT2D eigenvalue weighted by Gasteiger charge is 2.06. The Morgan fingerprint density at radius 1 is 1.54 bits per heavy atom. The molecular weight excluding hydrogens is 236 g/mol. The fourth-order valence-electron chi connectivity index (χ4n) is 1.02. The van der Waals surface area contributed by atoms with Crippen molar-refractivity contribution < 1.29 is 9.32 Å². The van der Waals surface area contributed by atoms with Gasteiger partial charge in [-0.25, -0.2) is 4.79 Å². The number of hydrogen-bond donors (Lipinski definition) is 0. The molecule has 4 nitrogen and oxygen atoms in total. The van der Waals surface area contributed by atoms with Gasteiger partial charge >= 0.3 is 0 Å². The zero-order valence-corrected chi connectivity index (χ0v) is 7.91. The number of carbonyl (C=O) groups excluding carboxylic acids is 1. The van der Waals surface area contributed by atoms with E-state index < -0.39 is 0 Å². The molecule has 0 radical (unpaired) electrons. The van der Waals surface area contributed by atoms with E-state index in [1.165, 1.54) is 6.08 Å². The number of rotatable bonds is 1. The predicted octanol–water partition coefficient (Wildman–Crippen LogP) is 2.56. The number of aliphatic imine (C=N–C) groups is 1. The molecule has 0 spiro atoms. The molecule has 0 aliphatic rings. The summed E-state index contributed by atoms with van der Waals surface area (Å²) < 4.78 is 5.79. The van der Waals surface area contributed by atoms with Gasteiger partial charge in [-0.3, -0.25) is 0 Å². The number of nitrogens with zero attached hydrogens (tertiary/aromatic N) is 2. The fourth-order valence-corrected chi connectivity index (χ4v) is 1.38. The third-order valence-corrected chi connectivity index (χ3v) is 2.06. The Morgan fingerprint density at radius 2 is 2.38 bits per heavy atom. The molecule has 5 heteroatoms. The van der Waals surface area contributed by atoms with Crippen molar-refractivity contribution in [2.45, 2.75) is 0 Å². The third-order valence-electron chi connectivity index (χ3n) is 1.56. The topological polar surface area (TPSA) is 55.5 Å². The van der Waals surface area contributed by atoms with Crippen LogP contribution < -0.4 is 0 Å². The molecule has 1 heterocycles. The Labute approximate surface area is 81.4 Å². The number of isocyanates is 1. The smallest absolute Gasteiger partial charge is 0.242 e. The quantitative estimate of drug-likeness (QED) is 0.567. The Balaban J connectivity index is 2.78. The van der Waals surface area contributed by atoms with Gasteiger partial charge in [0.2, 0.25) is 11.9 Å². The van der Waals surface area contributed by atoms with Crippen LogP contribution in [0.15, 0.2) is 32.2 Å². The summed E-state index contributed by atoms with van der Waals surface area (Å²) in [6.45, 7) is 0. The van der Waals surface area contributed by atoms with Crippen molar-refractivity contribution in [3.63, 3.8) is 0 Å². The number of halogens is 1. The Hall–Kier alpha value is -1.45. The van der Waals surface area contributed by atoms with Crippen LogP contribution >= 0.6 is 15.9 Å². The normalized spacial score (nSPS) is 9.92. The van der Waals surface area contributed by atoms with E-state index >= 15 is 0 Å². The maximum absolute atomic E-state index is 10.0. The molecule has 2 aromatic rings. The molecule has 1 aromatic heterocycles. The molecule has 0 saturated heterocycles. The summed E-state index contributed by atoms with van der Waals surface area (Å²) in [6.07, 6.45) is 1.42. The van der Waals surface area contributed by atoms with Gasteiger partial charge in [0.15, 0.2) is 5.58 Å². The molecule has 0 fully saturated rings. The minimum Gasteiger partial charge on any atom is -0.354 e. The highest BCUT2D eigenvalue weighted by Crippen LogP contribution is 2.27. The summed E-state index contributed by atoms with van der Waals surface area (Å²) in [7, 11) is 0. The summed E-state index contributed by atoms with van der Waals surface area (Å²) in [4.78, 5) is 13.4. The second-order valence-corrected chi connectivity index (χ2v) is 3.27. The van der Waals surface area contributed by atoms with Gasteiger partial charge in [-0.15, -0.1) is 4.99 Å². The Kier molecular flexibility index (Phi) is 1.96. The highest BCUT2D eigenvalue weighted by atomic mass is 79.9. The van der Waals surface area contributed by atoms with E-state index in [1.807, 2.05) is 6.07 Å². The van der Waals surface area contributed by atoms with E-state index in [1.54, 1.807) is 12.1 Å². The van der Waals surface area contributed by atoms with Crippen molar-refractivity contribution >= 4 is 38.8 Å². The molecule has 0 bridgehead atoms. The van der Waals surface area contributed by atoms with Crippen molar-refractivity contribution in [1.82, 2.24) is 5.16 Å². The highest BCUT2D eigenvalue weighted by molar-refractivity contribution is 9.10. The summed E-state index contributed by atoms with van der Waals surface area (Å²) in [5.74, 6) is 0.256.